The van der Waals surface area contributed by atoms with Crippen LogP contribution in [0, 0.1) is 0 Å². The third kappa shape index (κ3) is 4.50. The fourth-order valence-corrected chi connectivity index (χ4v) is 2.26. The highest BCUT2D eigenvalue weighted by molar-refractivity contribution is 6.30. The fraction of sp³-hybridized carbons (Fsp3) is 0.312. The Kier molecular flexibility index (Phi) is 6.95. The molecule has 1 N–H and O–H groups in total. The molecule has 0 bridgehead atoms. The van der Waals surface area contributed by atoms with Gasteiger partial charge in [-0.25, -0.2) is 0 Å². The van der Waals surface area contributed by atoms with Crippen molar-refractivity contribution < 1.29 is 4.74 Å². The molecule has 0 aliphatic heterocycles. The van der Waals surface area contributed by atoms with E-state index in [4.69, 9.17) is 16.3 Å². The van der Waals surface area contributed by atoms with Gasteiger partial charge in [0, 0.05) is 16.8 Å². The van der Waals surface area contributed by atoms with E-state index in [0.29, 0.717) is 6.61 Å². The van der Waals surface area contributed by atoms with Gasteiger partial charge in [0.25, 0.3) is 0 Å². The molecular weight excluding hydrogens is 343 g/mol. The Morgan fingerprint density at radius 2 is 1.82 bits per heavy atom. The molecule has 22 heavy (non-hydrogen) atoms. The molecule has 0 unspecified atom stereocenters. The van der Waals surface area contributed by atoms with Crippen LogP contribution in [0.2, 0.25) is 5.02 Å². The summed E-state index contributed by atoms with van der Waals surface area (Å²) >= 11 is 5.91. The molecule has 2 aromatic rings. The quantitative estimate of drug-likeness (QED) is 0.858. The molecule has 1 fully saturated rings. The summed E-state index contributed by atoms with van der Waals surface area (Å²) in [6.07, 6.45) is 5.94. The summed E-state index contributed by atoms with van der Waals surface area (Å²) in [4.78, 5) is 4.25. The molecule has 1 aromatic carbocycles. The smallest absolute Gasteiger partial charge is 0.138 e. The number of likely N-dealkylation sites (N-methyl/N-ethyl adjacent to an activating group) is 1. The van der Waals surface area contributed by atoms with Crippen LogP contribution in [0.1, 0.15) is 12.8 Å². The van der Waals surface area contributed by atoms with Gasteiger partial charge in [-0.15, -0.1) is 24.8 Å². The minimum absolute atomic E-state index is 0. The molecule has 1 aromatic heterocycles. The van der Waals surface area contributed by atoms with Crippen LogP contribution in [-0.4, -0.2) is 24.2 Å². The molecule has 0 saturated heterocycles. The number of hydrogen-bond acceptors (Lipinski definition) is 3. The number of rotatable bonds is 5. The molecule has 0 radical (unpaired) electrons. The second-order valence-electron chi connectivity index (χ2n) is 5.24. The van der Waals surface area contributed by atoms with Gasteiger partial charge >= 0.3 is 0 Å². The van der Waals surface area contributed by atoms with Gasteiger partial charge in [-0.2, -0.15) is 0 Å². The summed E-state index contributed by atoms with van der Waals surface area (Å²) in [5.74, 6) is 0.805. The normalized spacial score (nSPS) is 14.5. The Labute approximate surface area is 148 Å². The Bertz CT molecular complexity index is 601. The first kappa shape index (κ1) is 19.0. The Hall–Kier alpha value is -1.000. The number of aromatic nitrogens is 1. The monoisotopic (exact) mass is 360 g/mol. The summed E-state index contributed by atoms with van der Waals surface area (Å²) in [6.45, 7) is 0.690. The average Bonchev–Trinajstić information content (AvgIpc) is 3.27. The largest absolute Gasteiger partial charge is 0.490 e. The van der Waals surface area contributed by atoms with Gasteiger partial charge in [0.1, 0.15) is 12.4 Å². The van der Waals surface area contributed by atoms with Crippen molar-refractivity contribution in [1.82, 2.24) is 10.3 Å². The van der Waals surface area contributed by atoms with Gasteiger partial charge in [0.05, 0.1) is 11.7 Å². The summed E-state index contributed by atoms with van der Waals surface area (Å²) in [7, 11) is 1.98. The van der Waals surface area contributed by atoms with Gasteiger partial charge < -0.3 is 10.1 Å². The van der Waals surface area contributed by atoms with E-state index in [1.807, 2.05) is 43.6 Å². The van der Waals surface area contributed by atoms with Crippen LogP contribution in [0.15, 0.2) is 42.7 Å². The molecule has 0 amide bonds. The number of halogens is 3. The SMILES string of the molecule is CNC1(COc2cncc(-c3ccc(Cl)cc3)c2)CC1.Cl.Cl. The lowest BCUT2D eigenvalue weighted by Crippen LogP contribution is -2.33. The second kappa shape index (κ2) is 8.02. The molecular formula is C16H19Cl3N2O. The maximum absolute atomic E-state index is 5.91. The van der Waals surface area contributed by atoms with Gasteiger partial charge in [0.2, 0.25) is 0 Å². The number of nitrogens with zero attached hydrogens (tertiary/aromatic N) is 1. The van der Waals surface area contributed by atoms with Gasteiger partial charge in [-0.3, -0.25) is 4.98 Å². The molecule has 1 aliphatic rings. The Morgan fingerprint density at radius 1 is 1.14 bits per heavy atom. The van der Waals surface area contributed by atoms with E-state index < -0.39 is 0 Å². The Morgan fingerprint density at radius 3 is 2.41 bits per heavy atom. The summed E-state index contributed by atoms with van der Waals surface area (Å²) < 4.78 is 5.86. The summed E-state index contributed by atoms with van der Waals surface area (Å²) in [6, 6.07) is 9.75. The zero-order valence-corrected chi connectivity index (χ0v) is 14.6. The van der Waals surface area contributed by atoms with Crippen molar-refractivity contribution in [2.24, 2.45) is 0 Å². The van der Waals surface area contributed by atoms with Crippen LogP contribution in [0.4, 0.5) is 0 Å². The number of hydrogen-bond donors (Lipinski definition) is 1. The standard InChI is InChI=1S/C16H17ClN2O.2ClH/c1-18-16(6-7-16)11-20-15-8-13(9-19-10-15)12-2-4-14(17)5-3-12;;/h2-5,8-10,18H,6-7,11H2,1H3;2*1H. The van der Waals surface area contributed by atoms with Crippen LogP contribution in [-0.2, 0) is 0 Å². The second-order valence-corrected chi connectivity index (χ2v) is 5.67. The van der Waals surface area contributed by atoms with Crippen molar-refractivity contribution >= 4 is 36.4 Å². The fourth-order valence-electron chi connectivity index (χ4n) is 2.14. The molecule has 3 rings (SSSR count). The lowest BCUT2D eigenvalue weighted by atomic mass is 10.1. The molecule has 6 heteroatoms. The highest BCUT2D eigenvalue weighted by atomic mass is 35.5. The minimum Gasteiger partial charge on any atom is -0.490 e. The molecule has 1 heterocycles. The van der Waals surface area contributed by atoms with Crippen molar-refractivity contribution in [1.29, 1.82) is 0 Å². The molecule has 1 aliphatic carbocycles. The number of nitrogens with one attached hydrogen (secondary N) is 1. The summed E-state index contributed by atoms with van der Waals surface area (Å²) in [5, 5.41) is 4.05. The summed E-state index contributed by atoms with van der Waals surface area (Å²) in [5.41, 5.74) is 2.30. The molecule has 0 spiro atoms. The predicted molar refractivity (Wildman–Crippen MR) is 95.7 cm³/mol. The zero-order valence-electron chi connectivity index (χ0n) is 12.2. The van der Waals surface area contributed by atoms with E-state index in [-0.39, 0.29) is 30.4 Å². The third-order valence-electron chi connectivity index (χ3n) is 3.79. The maximum Gasteiger partial charge on any atom is 0.138 e. The molecule has 120 valence electrons. The van der Waals surface area contributed by atoms with E-state index in [0.717, 1.165) is 21.9 Å². The first-order valence-corrected chi connectivity index (χ1v) is 7.11. The van der Waals surface area contributed by atoms with Crippen molar-refractivity contribution in [2.75, 3.05) is 13.7 Å². The van der Waals surface area contributed by atoms with E-state index in [9.17, 15) is 0 Å². The van der Waals surface area contributed by atoms with Gasteiger partial charge in [0.15, 0.2) is 0 Å². The molecule has 1 saturated carbocycles. The minimum atomic E-state index is 0. The van der Waals surface area contributed by atoms with Crippen LogP contribution < -0.4 is 10.1 Å². The lowest BCUT2D eigenvalue weighted by molar-refractivity contribution is 0.259. The van der Waals surface area contributed by atoms with Crippen molar-refractivity contribution in [3.63, 3.8) is 0 Å². The van der Waals surface area contributed by atoms with Gasteiger partial charge in [-0.1, -0.05) is 23.7 Å². The molecule has 3 nitrogen and oxygen atoms in total. The van der Waals surface area contributed by atoms with Crippen molar-refractivity contribution in [2.45, 2.75) is 18.4 Å². The maximum atomic E-state index is 5.91. The number of pyridine rings is 1. The lowest BCUT2D eigenvalue weighted by Gasteiger charge is -2.15. The van der Waals surface area contributed by atoms with E-state index in [1.165, 1.54) is 12.8 Å². The Balaban J connectivity index is 0.00000121. The van der Waals surface area contributed by atoms with E-state index in [2.05, 4.69) is 10.3 Å². The van der Waals surface area contributed by atoms with Crippen LogP contribution in [0.5, 0.6) is 5.75 Å². The van der Waals surface area contributed by atoms with Gasteiger partial charge in [-0.05, 0) is 43.7 Å². The van der Waals surface area contributed by atoms with Crippen molar-refractivity contribution in [3.05, 3.63) is 47.7 Å². The van der Waals surface area contributed by atoms with Crippen LogP contribution in [0.3, 0.4) is 0 Å². The average molecular weight is 362 g/mol. The predicted octanol–water partition coefficient (Wildman–Crippen LogP) is 4.38. The van der Waals surface area contributed by atoms with Crippen LogP contribution in [0.25, 0.3) is 11.1 Å². The first-order valence-electron chi connectivity index (χ1n) is 6.73. The highest BCUT2D eigenvalue weighted by Crippen LogP contribution is 2.35. The third-order valence-corrected chi connectivity index (χ3v) is 4.04. The molecule has 0 atom stereocenters. The zero-order chi connectivity index (χ0) is 14.0. The van der Waals surface area contributed by atoms with E-state index >= 15 is 0 Å². The van der Waals surface area contributed by atoms with Crippen LogP contribution >= 0.6 is 36.4 Å². The topological polar surface area (TPSA) is 34.1 Å². The first-order chi connectivity index (χ1) is 9.71. The number of benzene rings is 1. The van der Waals surface area contributed by atoms with E-state index in [1.54, 1.807) is 6.20 Å². The number of ether oxygens (including phenoxy) is 1. The van der Waals surface area contributed by atoms with Crippen molar-refractivity contribution in [3.8, 4) is 16.9 Å². The highest BCUT2D eigenvalue weighted by Gasteiger charge is 2.41.